The Kier molecular flexibility index (Phi) is 2.08. The van der Waals surface area contributed by atoms with Gasteiger partial charge in [0, 0.05) is 0 Å². The Hall–Kier alpha value is -3.11. The molecular formula is C7H6N10O. The highest BCUT2D eigenvalue weighted by Gasteiger charge is 2.11. The number of oxime groups is 1. The first-order valence-corrected chi connectivity index (χ1v) is 4.71. The van der Waals surface area contributed by atoms with Gasteiger partial charge >= 0.3 is 0 Å². The summed E-state index contributed by atoms with van der Waals surface area (Å²) >= 11 is 0. The van der Waals surface area contributed by atoms with Crippen molar-refractivity contribution in [2.24, 2.45) is 10.9 Å². The average Bonchev–Trinajstić information content (AvgIpc) is 3.05. The van der Waals surface area contributed by atoms with E-state index in [1.165, 1.54) is 27.9 Å². The highest BCUT2D eigenvalue weighted by atomic mass is 16.4. The van der Waals surface area contributed by atoms with Gasteiger partial charge < -0.3 is 10.9 Å². The fourth-order valence-electron chi connectivity index (χ4n) is 1.35. The predicted octanol–water partition coefficient (Wildman–Crippen LogP) is -1.81. The van der Waals surface area contributed by atoms with Crippen molar-refractivity contribution >= 4 is 11.5 Å². The minimum atomic E-state index is -0.189. The average molecular weight is 246 g/mol. The molecule has 0 saturated heterocycles. The van der Waals surface area contributed by atoms with Crippen molar-refractivity contribution in [3.8, 4) is 5.82 Å². The first-order valence-electron chi connectivity index (χ1n) is 4.71. The monoisotopic (exact) mass is 246 g/mol. The van der Waals surface area contributed by atoms with Gasteiger partial charge in [-0.25, -0.2) is 9.67 Å². The minimum absolute atomic E-state index is 0.0857. The normalized spacial score (nSPS) is 12.1. The molecule has 0 atom stereocenters. The lowest BCUT2D eigenvalue weighted by atomic mass is 10.6. The summed E-state index contributed by atoms with van der Waals surface area (Å²) in [7, 11) is 0. The largest absolute Gasteiger partial charge is 0.409 e. The quantitative estimate of drug-likeness (QED) is 0.233. The lowest BCUT2D eigenvalue weighted by Crippen LogP contribution is -2.16. The zero-order chi connectivity index (χ0) is 12.5. The predicted molar refractivity (Wildman–Crippen MR) is 56.0 cm³/mol. The molecule has 0 saturated carbocycles. The number of hydrogen-bond donors (Lipinski definition) is 2. The van der Waals surface area contributed by atoms with Gasteiger partial charge in [-0.1, -0.05) is 5.16 Å². The molecule has 11 heteroatoms. The molecule has 90 valence electrons. The summed E-state index contributed by atoms with van der Waals surface area (Å²) < 4.78 is 2.79. The molecular weight excluding hydrogens is 240 g/mol. The summed E-state index contributed by atoms with van der Waals surface area (Å²) in [5.74, 6) is 0.371. The van der Waals surface area contributed by atoms with Crippen LogP contribution in [0.15, 0.2) is 23.9 Å². The smallest absolute Gasteiger partial charge is 0.220 e. The number of fused-ring (bicyclic) bond motifs is 1. The Bertz CT molecular complexity index is 726. The van der Waals surface area contributed by atoms with Crippen LogP contribution < -0.4 is 5.73 Å². The number of aromatic nitrogens is 8. The maximum atomic E-state index is 8.53. The lowest BCUT2D eigenvalue weighted by Gasteiger charge is -2.00. The Morgan fingerprint density at radius 3 is 3.11 bits per heavy atom. The van der Waals surface area contributed by atoms with Gasteiger partial charge in [0.1, 0.15) is 6.33 Å². The van der Waals surface area contributed by atoms with Gasteiger partial charge in [0.05, 0.1) is 12.4 Å². The van der Waals surface area contributed by atoms with Crippen molar-refractivity contribution in [1.82, 2.24) is 39.8 Å². The fourth-order valence-corrected chi connectivity index (χ4v) is 1.35. The van der Waals surface area contributed by atoms with Crippen molar-refractivity contribution in [2.75, 3.05) is 0 Å². The van der Waals surface area contributed by atoms with Crippen molar-refractivity contribution < 1.29 is 5.21 Å². The molecule has 3 heterocycles. The highest BCUT2D eigenvalue weighted by Crippen LogP contribution is 2.05. The third-order valence-electron chi connectivity index (χ3n) is 2.15. The molecule has 0 aromatic carbocycles. The Morgan fingerprint density at radius 1 is 1.39 bits per heavy atom. The van der Waals surface area contributed by atoms with E-state index >= 15 is 0 Å². The van der Waals surface area contributed by atoms with E-state index in [9.17, 15) is 0 Å². The van der Waals surface area contributed by atoms with Gasteiger partial charge in [0.15, 0.2) is 11.5 Å². The second-order valence-electron chi connectivity index (χ2n) is 3.21. The zero-order valence-corrected chi connectivity index (χ0v) is 8.78. The molecule has 11 nitrogen and oxygen atoms in total. The molecule has 18 heavy (non-hydrogen) atoms. The van der Waals surface area contributed by atoms with Crippen molar-refractivity contribution in [3.05, 3.63) is 24.5 Å². The third kappa shape index (κ3) is 1.41. The molecule has 0 aliphatic heterocycles. The van der Waals surface area contributed by atoms with Crippen LogP contribution in [0.1, 0.15) is 5.82 Å². The number of rotatable bonds is 2. The van der Waals surface area contributed by atoms with E-state index in [1.54, 1.807) is 0 Å². The lowest BCUT2D eigenvalue weighted by molar-refractivity contribution is 0.318. The second kappa shape index (κ2) is 3.73. The van der Waals surface area contributed by atoms with Gasteiger partial charge in [0.2, 0.25) is 11.7 Å². The summed E-state index contributed by atoms with van der Waals surface area (Å²) in [4.78, 5) is 7.85. The van der Waals surface area contributed by atoms with Crippen LogP contribution in [0.5, 0.6) is 0 Å². The minimum Gasteiger partial charge on any atom is -0.409 e. The van der Waals surface area contributed by atoms with Gasteiger partial charge in [-0.05, 0) is 10.4 Å². The highest BCUT2D eigenvalue weighted by molar-refractivity contribution is 5.93. The van der Waals surface area contributed by atoms with E-state index < -0.39 is 0 Å². The molecule has 0 unspecified atom stereocenters. The molecule has 0 aliphatic carbocycles. The van der Waals surface area contributed by atoms with Gasteiger partial charge in [-0.15, -0.1) is 10.2 Å². The van der Waals surface area contributed by atoms with Gasteiger partial charge in [-0.3, -0.25) is 4.98 Å². The van der Waals surface area contributed by atoms with E-state index in [0.29, 0.717) is 11.5 Å². The number of amidine groups is 1. The van der Waals surface area contributed by atoms with Crippen LogP contribution in [0.3, 0.4) is 0 Å². The van der Waals surface area contributed by atoms with Crippen molar-refractivity contribution in [2.45, 2.75) is 0 Å². The van der Waals surface area contributed by atoms with Gasteiger partial charge in [-0.2, -0.15) is 4.52 Å². The molecule has 0 bridgehead atoms. The standard InChI is InChI=1S/C7H6N10O/c8-6(13-18)7-10-3-16(12-7)5-2-9-1-4-11-14-15-17(4)5/h1-3,18H,(H2,8,13). The summed E-state index contributed by atoms with van der Waals surface area (Å²) in [5, 5.41) is 26.4. The maximum Gasteiger partial charge on any atom is 0.220 e. The Labute approximate surface area is 98.6 Å². The third-order valence-corrected chi connectivity index (χ3v) is 2.15. The van der Waals surface area contributed by atoms with Crippen molar-refractivity contribution in [3.63, 3.8) is 0 Å². The molecule has 3 aromatic heterocycles. The molecule has 0 radical (unpaired) electrons. The van der Waals surface area contributed by atoms with Crippen LogP contribution in [0.2, 0.25) is 0 Å². The summed E-state index contributed by atoms with van der Waals surface area (Å²) in [5.41, 5.74) is 5.84. The van der Waals surface area contributed by atoms with Crippen LogP contribution in [0, 0.1) is 0 Å². The van der Waals surface area contributed by atoms with E-state index in [-0.39, 0.29) is 11.7 Å². The van der Waals surface area contributed by atoms with Crippen LogP contribution in [-0.2, 0) is 0 Å². The number of tetrazole rings is 1. The topological polar surface area (TPSA) is 145 Å². The zero-order valence-electron chi connectivity index (χ0n) is 8.78. The summed E-state index contributed by atoms with van der Waals surface area (Å²) in [6.45, 7) is 0. The SMILES string of the molecule is N/C(=N/O)c1ncn(-c2cncc3nnnn23)n1. The van der Waals surface area contributed by atoms with Crippen LogP contribution in [-0.4, -0.2) is 50.8 Å². The molecule has 0 amide bonds. The maximum absolute atomic E-state index is 8.53. The summed E-state index contributed by atoms with van der Waals surface area (Å²) in [6, 6.07) is 0. The van der Waals surface area contributed by atoms with Gasteiger partial charge in [0.25, 0.3) is 0 Å². The van der Waals surface area contributed by atoms with Crippen LogP contribution in [0.25, 0.3) is 11.5 Å². The molecule has 3 rings (SSSR count). The summed E-state index contributed by atoms with van der Waals surface area (Å²) in [6.07, 6.45) is 4.39. The first kappa shape index (κ1) is 10.1. The van der Waals surface area contributed by atoms with Crippen LogP contribution in [0.4, 0.5) is 0 Å². The first-order chi connectivity index (χ1) is 8.79. The van der Waals surface area contributed by atoms with E-state index in [0.717, 1.165) is 0 Å². The number of hydrogen-bond acceptors (Lipinski definition) is 8. The molecule has 0 aliphatic rings. The number of nitrogens with two attached hydrogens (primary N) is 1. The Balaban J connectivity index is 2.15. The van der Waals surface area contributed by atoms with Crippen LogP contribution >= 0.6 is 0 Å². The van der Waals surface area contributed by atoms with E-state index in [2.05, 4.69) is 35.7 Å². The van der Waals surface area contributed by atoms with E-state index in [1.807, 2.05) is 0 Å². The molecule has 0 spiro atoms. The second-order valence-corrected chi connectivity index (χ2v) is 3.21. The van der Waals surface area contributed by atoms with Crippen molar-refractivity contribution in [1.29, 1.82) is 0 Å². The number of nitrogens with zero attached hydrogens (tertiary/aromatic N) is 9. The Morgan fingerprint density at radius 2 is 2.28 bits per heavy atom. The molecule has 3 aromatic rings. The molecule has 3 N–H and O–H groups in total. The van der Waals surface area contributed by atoms with E-state index in [4.69, 9.17) is 10.9 Å². The fraction of sp³-hybridized carbons (Fsp3) is 0. The molecule has 0 fully saturated rings.